The van der Waals surface area contributed by atoms with Crippen LogP contribution in [-0.2, 0) is 4.74 Å². The summed E-state index contributed by atoms with van der Waals surface area (Å²) in [4.78, 5) is 28.8. The molecule has 0 bridgehead atoms. The van der Waals surface area contributed by atoms with Gasteiger partial charge in [0.25, 0.3) is 5.91 Å². The third kappa shape index (κ3) is 3.37. The molecule has 3 aromatic rings. The maximum absolute atomic E-state index is 13.6. The summed E-state index contributed by atoms with van der Waals surface area (Å²) >= 11 is 0. The van der Waals surface area contributed by atoms with Gasteiger partial charge in [0.2, 0.25) is 5.76 Å². The fourth-order valence-corrected chi connectivity index (χ4v) is 4.74. The van der Waals surface area contributed by atoms with Crippen molar-refractivity contribution in [2.75, 3.05) is 13.2 Å². The Kier molecular flexibility index (Phi) is 4.94. The molecule has 0 aliphatic carbocycles. The maximum Gasteiger partial charge on any atom is 0.291 e. The normalized spacial score (nSPS) is 20.8. The molecular formula is C26H27NO4. The van der Waals surface area contributed by atoms with Gasteiger partial charge in [0.05, 0.1) is 23.1 Å². The van der Waals surface area contributed by atoms with Gasteiger partial charge in [0.15, 0.2) is 5.43 Å². The van der Waals surface area contributed by atoms with Crippen molar-refractivity contribution < 1.29 is 13.9 Å². The van der Waals surface area contributed by atoms with Crippen molar-refractivity contribution in [2.24, 2.45) is 0 Å². The molecule has 3 heterocycles. The summed E-state index contributed by atoms with van der Waals surface area (Å²) in [6.07, 6.45) is 1.90. The van der Waals surface area contributed by atoms with Crippen LogP contribution < -0.4 is 5.43 Å². The van der Waals surface area contributed by atoms with Crippen molar-refractivity contribution in [3.05, 3.63) is 80.7 Å². The SMILES string of the molecule is Cc1ccc2oc3c(c(=O)c2c1)[C@H](c1ccc(C(C)C)cc1)N(C[C@H]1CCCO1)C3=O. The summed E-state index contributed by atoms with van der Waals surface area (Å²) in [5.74, 6) is 0.340. The van der Waals surface area contributed by atoms with Gasteiger partial charge in [-0.1, -0.05) is 49.7 Å². The molecule has 2 aliphatic heterocycles. The number of aryl methyl sites for hydroxylation is 1. The molecule has 1 aromatic heterocycles. The highest BCUT2D eigenvalue weighted by atomic mass is 16.5. The van der Waals surface area contributed by atoms with Gasteiger partial charge in [0, 0.05) is 13.2 Å². The predicted octanol–water partition coefficient (Wildman–Crippen LogP) is 4.95. The number of carbonyl (C=O) groups is 1. The van der Waals surface area contributed by atoms with Gasteiger partial charge in [0.1, 0.15) is 5.58 Å². The largest absolute Gasteiger partial charge is 0.450 e. The fraction of sp³-hybridized carbons (Fsp3) is 0.385. The third-order valence-corrected chi connectivity index (χ3v) is 6.46. The molecule has 0 radical (unpaired) electrons. The molecule has 1 amide bonds. The van der Waals surface area contributed by atoms with E-state index in [2.05, 4.69) is 26.0 Å². The molecule has 2 aromatic carbocycles. The lowest BCUT2D eigenvalue weighted by molar-refractivity contribution is 0.0486. The fourth-order valence-electron chi connectivity index (χ4n) is 4.74. The van der Waals surface area contributed by atoms with E-state index in [1.807, 2.05) is 31.2 Å². The lowest BCUT2D eigenvalue weighted by Gasteiger charge is -2.27. The van der Waals surface area contributed by atoms with Crippen LogP contribution in [0, 0.1) is 6.92 Å². The Morgan fingerprint density at radius 3 is 2.55 bits per heavy atom. The monoisotopic (exact) mass is 417 g/mol. The van der Waals surface area contributed by atoms with Gasteiger partial charge in [-0.3, -0.25) is 9.59 Å². The molecule has 2 aliphatic rings. The average Bonchev–Trinajstić information content (AvgIpc) is 3.36. The molecule has 5 nitrogen and oxygen atoms in total. The van der Waals surface area contributed by atoms with Gasteiger partial charge in [-0.15, -0.1) is 0 Å². The summed E-state index contributed by atoms with van der Waals surface area (Å²) in [5, 5.41) is 0.523. The third-order valence-electron chi connectivity index (χ3n) is 6.46. The minimum absolute atomic E-state index is 0.0116. The highest BCUT2D eigenvalue weighted by Crippen LogP contribution is 2.39. The van der Waals surface area contributed by atoms with Crippen molar-refractivity contribution in [2.45, 2.75) is 51.7 Å². The molecule has 0 saturated carbocycles. The minimum atomic E-state index is -0.464. The molecule has 2 atom stereocenters. The van der Waals surface area contributed by atoms with Crippen molar-refractivity contribution in [3.8, 4) is 0 Å². The first-order valence-corrected chi connectivity index (χ1v) is 11.0. The summed E-state index contributed by atoms with van der Waals surface area (Å²) < 4.78 is 11.8. The number of amides is 1. The van der Waals surface area contributed by atoms with Crippen LogP contribution in [0.25, 0.3) is 11.0 Å². The highest BCUT2D eigenvalue weighted by Gasteiger charge is 2.43. The van der Waals surface area contributed by atoms with Crippen LogP contribution in [0.4, 0.5) is 0 Å². The molecule has 5 rings (SSSR count). The first-order valence-electron chi connectivity index (χ1n) is 11.0. The number of hydrogen-bond acceptors (Lipinski definition) is 4. The maximum atomic E-state index is 13.6. The Balaban J connectivity index is 1.68. The number of nitrogens with zero attached hydrogens (tertiary/aromatic N) is 1. The molecule has 5 heteroatoms. The Morgan fingerprint density at radius 2 is 1.87 bits per heavy atom. The number of carbonyl (C=O) groups excluding carboxylic acids is 1. The van der Waals surface area contributed by atoms with Crippen LogP contribution in [0.3, 0.4) is 0 Å². The zero-order valence-corrected chi connectivity index (χ0v) is 18.2. The number of ether oxygens (including phenoxy) is 1. The second-order valence-electron chi connectivity index (χ2n) is 8.99. The molecule has 0 unspecified atom stereocenters. The number of rotatable bonds is 4. The van der Waals surface area contributed by atoms with Crippen LogP contribution in [0.2, 0.25) is 0 Å². The van der Waals surface area contributed by atoms with Gasteiger partial charge in [-0.25, -0.2) is 0 Å². The summed E-state index contributed by atoms with van der Waals surface area (Å²) in [6, 6.07) is 13.3. The van der Waals surface area contributed by atoms with E-state index in [4.69, 9.17) is 9.15 Å². The molecule has 160 valence electrons. The zero-order chi connectivity index (χ0) is 21.7. The molecule has 0 spiro atoms. The summed E-state index contributed by atoms with van der Waals surface area (Å²) in [6.45, 7) is 7.41. The quantitative estimate of drug-likeness (QED) is 0.603. The second kappa shape index (κ2) is 7.65. The number of fused-ring (bicyclic) bond motifs is 2. The Bertz CT molecular complexity index is 1200. The van der Waals surface area contributed by atoms with Gasteiger partial charge in [-0.05, 0) is 48.9 Å². The van der Waals surface area contributed by atoms with Gasteiger partial charge >= 0.3 is 0 Å². The van der Waals surface area contributed by atoms with E-state index in [0.717, 1.165) is 24.0 Å². The number of benzene rings is 2. The smallest absolute Gasteiger partial charge is 0.291 e. The molecule has 31 heavy (non-hydrogen) atoms. The van der Waals surface area contributed by atoms with Crippen LogP contribution >= 0.6 is 0 Å². The Labute approximate surface area is 181 Å². The van der Waals surface area contributed by atoms with Crippen LogP contribution in [0.15, 0.2) is 51.7 Å². The van der Waals surface area contributed by atoms with Crippen LogP contribution in [0.5, 0.6) is 0 Å². The van der Waals surface area contributed by atoms with E-state index >= 15 is 0 Å². The zero-order valence-electron chi connectivity index (χ0n) is 18.2. The Hall–Kier alpha value is -2.92. The van der Waals surface area contributed by atoms with Crippen molar-refractivity contribution in [1.29, 1.82) is 0 Å². The first-order chi connectivity index (χ1) is 14.9. The standard InChI is InChI=1S/C26H27NO4/c1-15(2)17-7-9-18(10-8-17)23-22-24(28)20-13-16(3)6-11-21(20)31-25(22)26(29)27(23)14-19-5-4-12-30-19/h6-11,13,15,19,23H,4-5,12,14H2,1-3H3/t19-,23+/m1/s1. The summed E-state index contributed by atoms with van der Waals surface area (Å²) in [5.41, 5.74) is 3.90. The average molecular weight is 418 g/mol. The van der Waals surface area contributed by atoms with E-state index in [1.54, 1.807) is 11.0 Å². The molecular weight excluding hydrogens is 390 g/mol. The highest BCUT2D eigenvalue weighted by molar-refractivity contribution is 5.99. The van der Waals surface area contributed by atoms with Crippen molar-refractivity contribution in [3.63, 3.8) is 0 Å². The molecule has 0 N–H and O–H groups in total. The van der Waals surface area contributed by atoms with E-state index in [1.165, 1.54) is 5.56 Å². The second-order valence-corrected chi connectivity index (χ2v) is 8.99. The molecule has 1 saturated heterocycles. The van der Waals surface area contributed by atoms with E-state index in [9.17, 15) is 9.59 Å². The lowest BCUT2D eigenvalue weighted by Crippen LogP contribution is -2.36. The summed E-state index contributed by atoms with van der Waals surface area (Å²) in [7, 11) is 0. The first kappa shape index (κ1) is 20.0. The number of hydrogen-bond donors (Lipinski definition) is 0. The minimum Gasteiger partial charge on any atom is -0.450 e. The van der Waals surface area contributed by atoms with Crippen molar-refractivity contribution in [1.82, 2.24) is 4.90 Å². The van der Waals surface area contributed by atoms with Crippen LogP contribution in [0.1, 0.15) is 71.5 Å². The van der Waals surface area contributed by atoms with Gasteiger partial charge in [-0.2, -0.15) is 0 Å². The van der Waals surface area contributed by atoms with Gasteiger partial charge < -0.3 is 14.1 Å². The van der Waals surface area contributed by atoms with Crippen LogP contribution in [-0.4, -0.2) is 30.1 Å². The van der Waals surface area contributed by atoms with E-state index in [-0.39, 0.29) is 23.2 Å². The lowest BCUT2D eigenvalue weighted by atomic mass is 9.95. The molecule has 1 fully saturated rings. The Morgan fingerprint density at radius 1 is 1.10 bits per heavy atom. The van der Waals surface area contributed by atoms with E-state index < -0.39 is 6.04 Å². The van der Waals surface area contributed by atoms with Crippen molar-refractivity contribution >= 4 is 16.9 Å². The topological polar surface area (TPSA) is 59.8 Å². The predicted molar refractivity (Wildman–Crippen MR) is 120 cm³/mol. The van der Waals surface area contributed by atoms with E-state index in [0.29, 0.717) is 35.6 Å².